The van der Waals surface area contributed by atoms with Gasteiger partial charge in [0.1, 0.15) is 24.7 Å². The van der Waals surface area contributed by atoms with Crippen molar-refractivity contribution in [3.8, 4) is 11.5 Å². The third-order valence-electron chi connectivity index (χ3n) is 3.84. The summed E-state index contributed by atoms with van der Waals surface area (Å²) in [5.74, 6) is 1.67. The number of benzene rings is 2. The summed E-state index contributed by atoms with van der Waals surface area (Å²) in [4.78, 5) is 10.1. The molecule has 0 atom stereocenters. The quantitative estimate of drug-likeness (QED) is 0.416. The van der Waals surface area contributed by atoms with Gasteiger partial charge >= 0.3 is 0 Å². The Morgan fingerprint density at radius 2 is 1.42 bits per heavy atom. The summed E-state index contributed by atoms with van der Waals surface area (Å²) >= 11 is 0. The molecule has 0 unspecified atom stereocenters. The highest BCUT2D eigenvalue weighted by Gasteiger charge is 2.01. The van der Waals surface area contributed by atoms with Crippen molar-refractivity contribution in [2.45, 2.75) is 39.0 Å². The van der Waals surface area contributed by atoms with Crippen LogP contribution in [-0.2, 0) is 9.53 Å². The summed E-state index contributed by atoms with van der Waals surface area (Å²) in [6, 6.07) is 12.0. The van der Waals surface area contributed by atoms with Crippen LogP contribution in [0.2, 0.25) is 0 Å². The maximum atomic E-state index is 10.1. The summed E-state index contributed by atoms with van der Waals surface area (Å²) in [5, 5.41) is 2.22. The maximum Gasteiger partial charge on any atom is 0.293 e. The predicted octanol–water partition coefficient (Wildman–Crippen LogP) is 4.74. The third kappa shape index (κ3) is 6.11. The van der Waals surface area contributed by atoms with Crippen LogP contribution in [0.1, 0.15) is 39.0 Å². The first-order valence-corrected chi connectivity index (χ1v) is 8.68. The Bertz CT molecular complexity index is 624. The standard InChI is InChI=1S/C20H26O4/c1-2-3-4-5-6-11-23-19-9-7-18-15-20(10-8-17(18)14-19)24-13-12-22-16-21/h7-10,14-16H,2-6,11-13H2,1H3. The van der Waals surface area contributed by atoms with E-state index in [1.807, 2.05) is 30.3 Å². The van der Waals surface area contributed by atoms with Gasteiger partial charge in [-0.2, -0.15) is 0 Å². The molecule has 0 N–H and O–H groups in total. The molecule has 0 amide bonds. The molecule has 2 rings (SSSR count). The first-order valence-electron chi connectivity index (χ1n) is 8.68. The van der Waals surface area contributed by atoms with Gasteiger partial charge in [-0.1, -0.05) is 44.7 Å². The monoisotopic (exact) mass is 330 g/mol. The fourth-order valence-electron chi connectivity index (χ4n) is 2.53. The molecule has 0 spiro atoms. The van der Waals surface area contributed by atoms with Crippen LogP contribution in [0.4, 0.5) is 0 Å². The Morgan fingerprint density at radius 1 is 0.792 bits per heavy atom. The van der Waals surface area contributed by atoms with Crippen molar-refractivity contribution in [3.63, 3.8) is 0 Å². The van der Waals surface area contributed by atoms with Crippen molar-refractivity contribution in [3.05, 3.63) is 36.4 Å². The van der Waals surface area contributed by atoms with E-state index in [1.165, 1.54) is 25.7 Å². The highest BCUT2D eigenvalue weighted by atomic mass is 16.5. The van der Waals surface area contributed by atoms with Gasteiger partial charge in [0.05, 0.1) is 6.61 Å². The summed E-state index contributed by atoms with van der Waals surface area (Å²) in [5.41, 5.74) is 0. The average molecular weight is 330 g/mol. The van der Waals surface area contributed by atoms with E-state index >= 15 is 0 Å². The minimum Gasteiger partial charge on any atom is -0.494 e. The lowest BCUT2D eigenvalue weighted by atomic mass is 10.1. The van der Waals surface area contributed by atoms with Crippen LogP contribution in [0.3, 0.4) is 0 Å². The van der Waals surface area contributed by atoms with Gasteiger partial charge < -0.3 is 14.2 Å². The van der Waals surface area contributed by atoms with Gasteiger partial charge in [0.25, 0.3) is 6.47 Å². The molecule has 0 heterocycles. The van der Waals surface area contributed by atoms with Gasteiger partial charge in [-0.3, -0.25) is 4.79 Å². The average Bonchev–Trinajstić information content (AvgIpc) is 2.61. The molecular formula is C20H26O4. The lowest BCUT2D eigenvalue weighted by molar-refractivity contribution is -0.129. The second-order valence-corrected chi connectivity index (χ2v) is 5.75. The number of fused-ring (bicyclic) bond motifs is 1. The van der Waals surface area contributed by atoms with Crippen LogP contribution in [0.25, 0.3) is 10.8 Å². The molecule has 4 heteroatoms. The number of ether oxygens (including phenoxy) is 3. The molecule has 24 heavy (non-hydrogen) atoms. The number of hydrogen-bond donors (Lipinski definition) is 0. The predicted molar refractivity (Wildman–Crippen MR) is 95.7 cm³/mol. The van der Waals surface area contributed by atoms with Gasteiger partial charge in [0.2, 0.25) is 0 Å². The van der Waals surface area contributed by atoms with Crippen LogP contribution in [0.5, 0.6) is 11.5 Å². The molecule has 0 radical (unpaired) electrons. The molecule has 0 saturated carbocycles. The first-order chi connectivity index (χ1) is 11.8. The van der Waals surface area contributed by atoms with Crippen molar-refractivity contribution in [2.75, 3.05) is 19.8 Å². The van der Waals surface area contributed by atoms with Gasteiger partial charge in [-0.25, -0.2) is 0 Å². The largest absolute Gasteiger partial charge is 0.494 e. The Hall–Kier alpha value is -2.23. The van der Waals surface area contributed by atoms with E-state index in [9.17, 15) is 4.79 Å². The lowest BCUT2D eigenvalue weighted by Crippen LogP contribution is -2.05. The van der Waals surface area contributed by atoms with E-state index in [2.05, 4.69) is 17.7 Å². The molecule has 0 saturated heterocycles. The minimum atomic E-state index is 0.257. The number of hydrogen-bond acceptors (Lipinski definition) is 4. The smallest absolute Gasteiger partial charge is 0.293 e. The number of rotatable bonds is 12. The zero-order chi connectivity index (χ0) is 17.0. The van der Waals surface area contributed by atoms with Crippen LogP contribution in [0.15, 0.2) is 36.4 Å². The lowest BCUT2D eigenvalue weighted by Gasteiger charge is -2.09. The minimum absolute atomic E-state index is 0.257. The van der Waals surface area contributed by atoms with Crippen LogP contribution in [0, 0.1) is 0 Å². The summed E-state index contributed by atoms with van der Waals surface area (Å²) < 4.78 is 16.0. The molecule has 4 nitrogen and oxygen atoms in total. The zero-order valence-corrected chi connectivity index (χ0v) is 14.3. The Balaban J connectivity index is 1.83. The molecule has 0 aliphatic heterocycles. The molecule has 0 fully saturated rings. The van der Waals surface area contributed by atoms with Gasteiger partial charge in [0.15, 0.2) is 0 Å². The zero-order valence-electron chi connectivity index (χ0n) is 14.3. The molecule has 2 aromatic rings. The second-order valence-electron chi connectivity index (χ2n) is 5.75. The normalized spacial score (nSPS) is 10.5. The van der Waals surface area contributed by atoms with E-state index in [-0.39, 0.29) is 6.61 Å². The topological polar surface area (TPSA) is 44.8 Å². The van der Waals surface area contributed by atoms with Crippen molar-refractivity contribution < 1.29 is 19.0 Å². The molecule has 0 aliphatic rings. The summed E-state index contributed by atoms with van der Waals surface area (Å²) in [6.45, 7) is 4.03. The van der Waals surface area contributed by atoms with Crippen molar-refractivity contribution >= 4 is 17.2 Å². The highest BCUT2D eigenvalue weighted by Crippen LogP contribution is 2.25. The first kappa shape index (κ1) is 18.1. The van der Waals surface area contributed by atoms with Crippen molar-refractivity contribution in [1.82, 2.24) is 0 Å². The molecule has 130 valence electrons. The van der Waals surface area contributed by atoms with E-state index in [0.717, 1.165) is 35.3 Å². The molecule has 2 aromatic carbocycles. The third-order valence-corrected chi connectivity index (χ3v) is 3.84. The highest BCUT2D eigenvalue weighted by molar-refractivity contribution is 5.85. The molecule has 0 aromatic heterocycles. The summed E-state index contributed by atoms with van der Waals surface area (Å²) in [6.07, 6.45) is 6.20. The van der Waals surface area contributed by atoms with Crippen molar-refractivity contribution in [2.24, 2.45) is 0 Å². The van der Waals surface area contributed by atoms with E-state index < -0.39 is 0 Å². The Morgan fingerprint density at radius 3 is 2.04 bits per heavy atom. The number of unbranched alkanes of at least 4 members (excludes halogenated alkanes) is 4. The van der Waals surface area contributed by atoms with E-state index in [0.29, 0.717) is 13.1 Å². The molecule has 0 bridgehead atoms. The fourth-order valence-corrected chi connectivity index (χ4v) is 2.53. The second kappa shape index (κ2) is 10.5. The maximum absolute atomic E-state index is 10.1. The Labute approximate surface area is 143 Å². The van der Waals surface area contributed by atoms with Gasteiger partial charge in [-0.15, -0.1) is 0 Å². The number of carbonyl (C=O) groups excluding carboxylic acids is 1. The van der Waals surface area contributed by atoms with E-state index in [1.54, 1.807) is 0 Å². The van der Waals surface area contributed by atoms with Crippen molar-refractivity contribution in [1.29, 1.82) is 0 Å². The molecule has 0 aliphatic carbocycles. The van der Waals surface area contributed by atoms with Crippen LogP contribution >= 0.6 is 0 Å². The molecular weight excluding hydrogens is 304 g/mol. The van der Waals surface area contributed by atoms with E-state index in [4.69, 9.17) is 9.47 Å². The van der Waals surface area contributed by atoms with Gasteiger partial charge in [-0.05, 0) is 41.5 Å². The Kier molecular flexibility index (Phi) is 7.94. The fraction of sp³-hybridized carbons (Fsp3) is 0.450. The van der Waals surface area contributed by atoms with Crippen LogP contribution < -0.4 is 9.47 Å². The number of carbonyl (C=O) groups is 1. The van der Waals surface area contributed by atoms with Gasteiger partial charge in [0, 0.05) is 0 Å². The van der Waals surface area contributed by atoms with Crippen LogP contribution in [-0.4, -0.2) is 26.3 Å². The summed E-state index contributed by atoms with van der Waals surface area (Å²) in [7, 11) is 0. The SMILES string of the molecule is CCCCCCCOc1ccc2cc(OCCOC=O)ccc2c1.